The second kappa shape index (κ2) is 5.40. The molecule has 1 aromatic carbocycles. The Bertz CT molecular complexity index is 433. The Morgan fingerprint density at radius 3 is 2.89 bits per heavy atom. The molecule has 1 aliphatic heterocycles. The summed E-state index contributed by atoms with van der Waals surface area (Å²) in [6.45, 7) is 4.11. The van der Waals surface area contributed by atoms with Gasteiger partial charge in [-0.2, -0.15) is 0 Å². The Balaban J connectivity index is 2.28. The van der Waals surface area contributed by atoms with Crippen molar-refractivity contribution < 1.29 is 4.79 Å². The van der Waals surface area contributed by atoms with Crippen LogP contribution in [0.1, 0.15) is 24.8 Å². The number of anilines is 1. The number of rotatable bonds is 3. The van der Waals surface area contributed by atoms with E-state index in [9.17, 15) is 4.79 Å². The standard InChI is InChI=1S/C14H21N3O/c1-3-16(2)14(18)17-10-11(8-9-15)12-6-4-5-7-13(12)17/h4-7,11H,3,8-10,15H2,1-2H3. The minimum Gasteiger partial charge on any atom is -0.330 e. The lowest BCUT2D eigenvalue weighted by molar-refractivity contribution is 0.218. The molecule has 1 aromatic rings. The topological polar surface area (TPSA) is 49.6 Å². The number of carbonyl (C=O) groups excluding carboxylic acids is 1. The molecule has 0 saturated carbocycles. The van der Waals surface area contributed by atoms with Gasteiger partial charge in [-0.1, -0.05) is 18.2 Å². The first-order chi connectivity index (χ1) is 8.69. The van der Waals surface area contributed by atoms with Gasteiger partial charge in [0.05, 0.1) is 0 Å². The van der Waals surface area contributed by atoms with Crippen LogP contribution in [-0.4, -0.2) is 37.6 Å². The maximum atomic E-state index is 12.3. The summed E-state index contributed by atoms with van der Waals surface area (Å²) >= 11 is 0. The Morgan fingerprint density at radius 1 is 1.50 bits per heavy atom. The monoisotopic (exact) mass is 247 g/mol. The predicted octanol–water partition coefficient (Wildman–Crippen LogP) is 2.01. The van der Waals surface area contributed by atoms with Gasteiger partial charge in [0.15, 0.2) is 0 Å². The van der Waals surface area contributed by atoms with E-state index < -0.39 is 0 Å². The molecule has 0 saturated heterocycles. The van der Waals surface area contributed by atoms with E-state index in [0.717, 1.165) is 25.2 Å². The highest BCUT2D eigenvalue weighted by atomic mass is 16.2. The molecule has 98 valence electrons. The van der Waals surface area contributed by atoms with E-state index in [2.05, 4.69) is 6.07 Å². The third kappa shape index (κ3) is 2.20. The molecule has 1 heterocycles. The second-order valence-electron chi connectivity index (χ2n) is 4.74. The van der Waals surface area contributed by atoms with E-state index in [1.165, 1.54) is 5.56 Å². The molecule has 4 nitrogen and oxygen atoms in total. The van der Waals surface area contributed by atoms with Crippen molar-refractivity contribution in [1.82, 2.24) is 4.90 Å². The van der Waals surface area contributed by atoms with Crippen molar-refractivity contribution in [1.29, 1.82) is 0 Å². The molecular weight excluding hydrogens is 226 g/mol. The van der Waals surface area contributed by atoms with E-state index in [-0.39, 0.29) is 6.03 Å². The molecule has 0 aliphatic carbocycles. The summed E-state index contributed by atoms with van der Waals surface area (Å²) in [5.41, 5.74) is 7.95. The lowest BCUT2D eigenvalue weighted by Crippen LogP contribution is -2.40. The number of amides is 2. The largest absolute Gasteiger partial charge is 0.330 e. The highest BCUT2D eigenvalue weighted by Crippen LogP contribution is 2.37. The summed E-state index contributed by atoms with van der Waals surface area (Å²) in [5, 5.41) is 0. The molecule has 0 aromatic heterocycles. The normalized spacial score (nSPS) is 17.7. The maximum absolute atomic E-state index is 12.3. The lowest BCUT2D eigenvalue weighted by Gasteiger charge is -2.24. The number of fused-ring (bicyclic) bond motifs is 1. The third-order valence-electron chi connectivity index (χ3n) is 3.62. The van der Waals surface area contributed by atoms with Gasteiger partial charge in [0, 0.05) is 31.7 Å². The molecule has 4 heteroatoms. The van der Waals surface area contributed by atoms with Gasteiger partial charge >= 0.3 is 6.03 Å². The van der Waals surface area contributed by atoms with Crippen LogP contribution in [-0.2, 0) is 0 Å². The summed E-state index contributed by atoms with van der Waals surface area (Å²) in [7, 11) is 1.83. The molecule has 2 amide bonds. The van der Waals surface area contributed by atoms with Gasteiger partial charge in [-0.3, -0.25) is 4.90 Å². The van der Waals surface area contributed by atoms with E-state index in [0.29, 0.717) is 12.5 Å². The predicted molar refractivity (Wildman–Crippen MR) is 73.9 cm³/mol. The highest BCUT2D eigenvalue weighted by Gasteiger charge is 2.32. The van der Waals surface area contributed by atoms with Crippen molar-refractivity contribution in [2.24, 2.45) is 5.73 Å². The molecule has 0 bridgehead atoms. The van der Waals surface area contributed by atoms with Crippen molar-refractivity contribution in [3.05, 3.63) is 29.8 Å². The van der Waals surface area contributed by atoms with E-state index in [1.54, 1.807) is 4.90 Å². The zero-order valence-electron chi connectivity index (χ0n) is 11.1. The van der Waals surface area contributed by atoms with Gasteiger partial charge in [0.1, 0.15) is 0 Å². The van der Waals surface area contributed by atoms with Gasteiger partial charge in [-0.25, -0.2) is 4.79 Å². The van der Waals surface area contributed by atoms with Crippen LogP contribution < -0.4 is 10.6 Å². The van der Waals surface area contributed by atoms with Gasteiger partial charge in [-0.05, 0) is 31.5 Å². The van der Waals surface area contributed by atoms with Crippen LogP contribution in [0.5, 0.6) is 0 Å². The maximum Gasteiger partial charge on any atom is 0.324 e. The smallest absolute Gasteiger partial charge is 0.324 e. The zero-order valence-corrected chi connectivity index (χ0v) is 11.1. The third-order valence-corrected chi connectivity index (χ3v) is 3.62. The van der Waals surface area contributed by atoms with Crippen molar-refractivity contribution >= 4 is 11.7 Å². The van der Waals surface area contributed by atoms with Gasteiger partial charge in [0.25, 0.3) is 0 Å². The van der Waals surface area contributed by atoms with Gasteiger partial charge in [-0.15, -0.1) is 0 Å². The summed E-state index contributed by atoms with van der Waals surface area (Å²) < 4.78 is 0. The molecule has 2 rings (SSSR count). The molecule has 1 atom stereocenters. The molecule has 1 aliphatic rings. The molecule has 0 radical (unpaired) electrons. The van der Waals surface area contributed by atoms with Crippen LogP contribution in [0.3, 0.4) is 0 Å². The average molecular weight is 247 g/mol. The molecule has 18 heavy (non-hydrogen) atoms. The second-order valence-corrected chi connectivity index (χ2v) is 4.74. The number of urea groups is 1. The highest BCUT2D eigenvalue weighted by molar-refractivity contribution is 5.94. The first-order valence-corrected chi connectivity index (χ1v) is 6.50. The molecule has 0 spiro atoms. The minimum atomic E-state index is 0.0736. The minimum absolute atomic E-state index is 0.0736. The van der Waals surface area contributed by atoms with E-state index in [1.807, 2.05) is 37.1 Å². The first-order valence-electron chi connectivity index (χ1n) is 6.50. The SMILES string of the molecule is CCN(C)C(=O)N1CC(CCN)c2ccccc21. The van der Waals surface area contributed by atoms with Crippen LogP contribution in [0.15, 0.2) is 24.3 Å². The fourth-order valence-electron chi connectivity index (χ4n) is 2.47. The van der Waals surface area contributed by atoms with Crippen LogP contribution in [0.4, 0.5) is 10.5 Å². The number of para-hydroxylation sites is 1. The van der Waals surface area contributed by atoms with Crippen molar-refractivity contribution in [3.63, 3.8) is 0 Å². The Kier molecular flexibility index (Phi) is 3.87. The Morgan fingerprint density at radius 2 is 2.22 bits per heavy atom. The summed E-state index contributed by atoms with van der Waals surface area (Å²) in [6, 6.07) is 8.21. The van der Waals surface area contributed by atoms with Crippen LogP contribution in [0, 0.1) is 0 Å². The summed E-state index contributed by atoms with van der Waals surface area (Å²) in [6.07, 6.45) is 0.927. The Labute approximate surface area is 108 Å². The van der Waals surface area contributed by atoms with E-state index in [4.69, 9.17) is 5.73 Å². The number of benzene rings is 1. The molecule has 1 unspecified atom stereocenters. The number of nitrogens with two attached hydrogens (primary N) is 1. The molecule has 0 fully saturated rings. The number of hydrogen-bond acceptors (Lipinski definition) is 2. The fraction of sp³-hybridized carbons (Fsp3) is 0.500. The lowest BCUT2D eigenvalue weighted by atomic mass is 9.98. The van der Waals surface area contributed by atoms with Gasteiger partial charge < -0.3 is 10.6 Å². The van der Waals surface area contributed by atoms with Crippen LogP contribution >= 0.6 is 0 Å². The van der Waals surface area contributed by atoms with Gasteiger partial charge in [0.2, 0.25) is 0 Å². The number of hydrogen-bond donors (Lipinski definition) is 1. The van der Waals surface area contributed by atoms with Crippen molar-refractivity contribution in [3.8, 4) is 0 Å². The van der Waals surface area contributed by atoms with E-state index >= 15 is 0 Å². The van der Waals surface area contributed by atoms with Crippen LogP contribution in [0.2, 0.25) is 0 Å². The van der Waals surface area contributed by atoms with Crippen molar-refractivity contribution in [2.75, 3.05) is 31.6 Å². The first kappa shape index (κ1) is 12.9. The average Bonchev–Trinajstić information content (AvgIpc) is 2.77. The quantitative estimate of drug-likeness (QED) is 0.888. The summed E-state index contributed by atoms with van der Waals surface area (Å²) in [4.78, 5) is 15.9. The zero-order chi connectivity index (χ0) is 13.1. The fourth-order valence-corrected chi connectivity index (χ4v) is 2.47. The van der Waals surface area contributed by atoms with Crippen molar-refractivity contribution in [2.45, 2.75) is 19.3 Å². The van der Waals surface area contributed by atoms with Crippen LogP contribution in [0.25, 0.3) is 0 Å². The summed E-state index contributed by atoms with van der Waals surface area (Å²) in [5.74, 6) is 0.375. The Hall–Kier alpha value is -1.55. The molecule has 2 N–H and O–H groups in total. The number of nitrogens with zero attached hydrogens (tertiary/aromatic N) is 2. The molecular formula is C14H21N3O. The number of carbonyl (C=O) groups is 1.